The minimum Gasteiger partial charge on any atom is -0.494 e. The van der Waals surface area contributed by atoms with Crippen LogP contribution in [0, 0.1) is 0 Å². The molecule has 0 saturated carbocycles. The van der Waals surface area contributed by atoms with Crippen molar-refractivity contribution in [3.05, 3.63) is 178 Å². The molecule has 0 saturated heterocycles. The third kappa shape index (κ3) is 30.6. The van der Waals surface area contributed by atoms with E-state index in [0.717, 1.165) is 114 Å². The lowest BCUT2D eigenvalue weighted by molar-refractivity contribution is 0.304. The van der Waals surface area contributed by atoms with Gasteiger partial charge in [0.15, 0.2) is 0 Å². The maximum atomic E-state index is 5.87. The van der Waals surface area contributed by atoms with E-state index in [4.69, 9.17) is 14.2 Å². The number of hydrogen-bond acceptors (Lipinski definition) is 6. The maximum Gasteiger partial charge on any atom is 0.119 e. The Labute approximate surface area is 476 Å². The van der Waals surface area contributed by atoms with Crippen molar-refractivity contribution in [1.82, 2.24) is 15.0 Å². The molecule has 3 aromatic heterocycles. The average molecular weight is 1060 g/mol. The molecule has 426 valence electrons. The highest BCUT2D eigenvalue weighted by atomic mass is 16.5. The average Bonchev–Trinajstić information content (AvgIpc) is 3.48. The number of hydrogen-bond donors (Lipinski definition) is 0. The van der Waals surface area contributed by atoms with Crippen LogP contribution in [0.2, 0.25) is 0 Å². The normalized spacial score (nSPS) is 10.8. The van der Waals surface area contributed by atoms with Crippen LogP contribution in [-0.4, -0.2) is 34.8 Å². The number of benzene rings is 3. The van der Waals surface area contributed by atoms with Crippen LogP contribution in [0.15, 0.2) is 128 Å². The standard InChI is InChI=1S/C25H37NO.C24H35NO.C23H33NO/c1-3-5-7-8-9-10-20-27-25-18-15-22(16-19-25)12-13-23-14-17-24(26-21-23)11-6-4-2;1-3-5-7-8-9-19-26-24-17-14-21(15-18-24)11-12-22-13-16-23(25-20-22)10-6-4-2;1-3-5-7-8-18-25-23-16-13-20(14-17-23)10-11-21-12-15-22(24-19-21)9-6-4-2/h14-19,21H,3-13,20H2,1-2H3;13-18,20H,3-12,19H2,1-2H3;12-17,19H,3-11,18H2,1-2H3. The van der Waals surface area contributed by atoms with Crippen LogP contribution < -0.4 is 14.2 Å². The van der Waals surface area contributed by atoms with Crippen LogP contribution in [0.5, 0.6) is 17.2 Å². The van der Waals surface area contributed by atoms with Crippen molar-refractivity contribution in [3.8, 4) is 17.2 Å². The molecule has 0 amide bonds. The van der Waals surface area contributed by atoms with Crippen molar-refractivity contribution in [2.45, 2.75) is 234 Å². The van der Waals surface area contributed by atoms with Gasteiger partial charge in [0.25, 0.3) is 0 Å². The minimum absolute atomic E-state index is 0.829. The summed E-state index contributed by atoms with van der Waals surface area (Å²) in [6, 6.07) is 39.0. The first-order chi connectivity index (χ1) is 38.4. The Morgan fingerprint density at radius 2 is 0.462 bits per heavy atom. The van der Waals surface area contributed by atoms with Crippen LogP contribution in [0.3, 0.4) is 0 Å². The van der Waals surface area contributed by atoms with Gasteiger partial charge >= 0.3 is 0 Å². The van der Waals surface area contributed by atoms with Crippen LogP contribution in [0.1, 0.15) is 227 Å². The van der Waals surface area contributed by atoms with Gasteiger partial charge < -0.3 is 14.2 Å². The highest BCUT2D eigenvalue weighted by Crippen LogP contribution is 2.19. The number of pyridine rings is 3. The van der Waals surface area contributed by atoms with E-state index in [9.17, 15) is 0 Å². The summed E-state index contributed by atoms with van der Waals surface area (Å²) in [6.45, 7) is 15.9. The quantitative estimate of drug-likeness (QED) is 0.0358. The zero-order chi connectivity index (χ0) is 55.4. The van der Waals surface area contributed by atoms with Crippen molar-refractivity contribution in [3.63, 3.8) is 0 Å². The minimum atomic E-state index is 0.829. The second kappa shape index (κ2) is 43.4. The van der Waals surface area contributed by atoms with Gasteiger partial charge in [-0.25, -0.2) is 0 Å². The molecule has 0 atom stereocenters. The van der Waals surface area contributed by atoms with E-state index in [1.165, 1.54) is 166 Å². The van der Waals surface area contributed by atoms with E-state index in [-0.39, 0.29) is 0 Å². The van der Waals surface area contributed by atoms with E-state index < -0.39 is 0 Å². The number of aryl methyl sites for hydroxylation is 9. The summed E-state index contributed by atoms with van der Waals surface area (Å²) in [4.78, 5) is 13.7. The summed E-state index contributed by atoms with van der Waals surface area (Å²) in [7, 11) is 0. The fourth-order valence-corrected chi connectivity index (χ4v) is 9.14. The number of aromatic nitrogens is 3. The first-order valence-electron chi connectivity index (χ1n) is 31.4. The SMILES string of the molecule is CCCCCCCCOc1ccc(CCc2ccc(CCCC)nc2)cc1.CCCCCCCOc1ccc(CCc2ccc(CCCC)nc2)cc1.CCCCCCOc1ccc(CCc2ccc(CCCC)nc2)cc1. The van der Waals surface area contributed by atoms with Gasteiger partial charge in [-0.1, -0.05) is 192 Å². The molecule has 0 bridgehead atoms. The lowest BCUT2D eigenvalue weighted by atomic mass is 10.0. The van der Waals surface area contributed by atoms with Gasteiger partial charge in [-0.15, -0.1) is 0 Å². The summed E-state index contributed by atoms with van der Waals surface area (Å²) < 4.78 is 17.5. The highest BCUT2D eigenvalue weighted by Gasteiger charge is 2.04. The van der Waals surface area contributed by atoms with Crippen molar-refractivity contribution in [1.29, 1.82) is 0 Å². The van der Waals surface area contributed by atoms with Crippen molar-refractivity contribution >= 4 is 0 Å². The Hall–Kier alpha value is -5.49. The summed E-state index contributed by atoms with van der Waals surface area (Å²) in [5.74, 6) is 2.97. The molecule has 0 fully saturated rings. The van der Waals surface area contributed by atoms with Gasteiger partial charge in [-0.2, -0.15) is 0 Å². The third-order valence-corrected chi connectivity index (χ3v) is 14.4. The van der Waals surface area contributed by atoms with E-state index in [2.05, 4.69) is 166 Å². The molecule has 6 heteroatoms. The van der Waals surface area contributed by atoms with Gasteiger partial charge in [0.05, 0.1) is 19.8 Å². The van der Waals surface area contributed by atoms with Crippen LogP contribution in [0.4, 0.5) is 0 Å². The van der Waals surface area contributed by atoms with E-state index in [1.807, 2.05) is 18.6 Å². The molecule has 3 heterocycles. The lowest BCUT2D eigenvalue weighted by Crippen LogP contribution is -1.98. The first kappa shape index (κ1) is 65.0. The highest BCUT2D eigenvalue weighted by molar-refractivity contribution is 5.30. The Bertz CT molecular complexity index is 2290. The largest absolute Gasteiger partial charge is 0.494 e. The van der Waals surface area contributed by atoms with Gasteiger partial charge in [-0.3, -0.25) is 15.0 Å². The van der Waals surface area contributed by atoms with Crippen molar-refractivity contribution in [2.75, 3.05) is 19.8 Å². The second-order valence-corrected chi connectivity index (χ2v) is 21.5. The van der Waals surface area contributed by atoms with Gasteiger partial charge in [-0.05, 0) is 184 Å². The molecule has 0 N–H and O–H groups in total. The van der Waals surface area contributed by atoms with Crippen molar-refractivity contribution in [2.24, 2.45) is 0 Å². The molecule has 0 aliphatic carbocycles. The molecular weight excluding hydrogens is 955 g/mol. The molecule has 0 spiro atoms. The molecule has 6 nitrogen and oxygen atoms in total. The molecule has 0 aliphatic rings. The van der Waals surface area contributed by atoms with Gasteiger partial charge in [0.1, 0.15) is 17.2 Å². The molecule has 0 unspecified atom stereocenters. The van der Waals surface area contributed by atoms with E-state index in [0.29, 0.717) is 0 Å². The Balaban J connectivity index is 0.000000253. The summed E-state index contributed by atoms with van der Waals surface area (Å²) in [5.41, 5.74) is 11.7. The van der Waals surface area contributed by atoms with Crippen LogP contribution in [-0.2, 0) is 57.8 Å². The van der Waals surface area contributed by atoms with Gasteiger partial charge in [0.2, 0.25) is 0 Å². The molecule has 0 aliphatic heterocycles. The molecule has 3 aromatic carbocycles. The number of ether oxygens (including phenoxy) is 3. The zero-order valence-corrected chi connectivity index (χ0v) is 50.0. The number of unbranched alkanes of at least 4 members (excludes halogenated alkanes) is 15. The maximum absolute atomic E-state index is 5.87. The first-order valence-corrected chi connectivity index (χ1v) is 31.4. The topological polar surface area (TPSA) is 66.4 Å². The molecule has 6 rings (SSSR count). The molecular formula is C72H105N3O3. The third-order valence-electron chi connectivity index (χ3n) is 14.4. The molecule has 0 radical (unpaired) electrons. The predicted octanol–water partition coefficient (Wildman–Crippen LogP) is 19.7. The fourth-order valence-electron chi connectivity index (χ4n) is 9.14. The van der Waals surface area contributed by atoms with Gasteiger partial charge in [0, 0.05) is 35.7 Å². The van der Waals surface area contributed by atoms with Crippen LogP contribution in [0.25, 0.3) is 0 Å². The second-order valence-electron chi connectivity index (χ2n) is 21.5. The lowest BCUT2D eigenvalue weighted by Gasteiger charge is -2.08. The summed E-state index contributed by atoms with van der Waals surface area (Å²) in [6.07, 6.45) is 42.2. The monoisotopic (exact) mass is 1060 g/mol. The smallest absolute Gasteiger partial charge is 0.119 e. The van der Waals surface area contributed by atoms with Crippen molar-refractivity contribution < 1.29 is 14.2 Å². The van der Waals surface area contributed by atoms with E-state index >= 15 is 0 Å². The Kier molecular flexibility index (Phi) is 36.2. The summed E-state index contributed by atoms with van der Waals surface area (Å²) >= 11 is 0. The Morgan fingerprint density at radius 1 is 0.231 bits per heavy atom. The molecule has 6 aromatic rings. The zero-order valence-electron chi connectivity index (χ0n) is 50.0. The predicted molar refractivity (Wildman–Crippen MR) is 333 cm³/mol. The number of rotatable bonds is 39. The fraction of sp³-hybridized carbons (Fsp3) is 0.542. The summed E-state index contributed by atoms with van der Waals surface area (Å²) in [5, 5.41) is 0. The number of nitrogens with zero attached hydrogens (tertiary/aromatic N) is 3. The van der Waals surface area contributed by atoms with Crippen LogP contribution >= 0.6 is 0 Å². The molecule has 78 heavy (non-hydrogen) atoms. The Morgan fingerprint density at radius 3 is 0.718 bits per heavy atom. The van der Waals surface area contributed by atoms with E-state index in [1.54, 1.807) is 0 Å².